The lowest BCUT2D eigenvalue weighted by Crippen LogP contribution is -2.35. The van der Waals surface area contributed by atoms with E-state index in [1.807, 2.05) is 0 Å². The Balaban J connectivity index is 1.83. The molecule has 2 heterocycles. The number of aryl methyl sites for hydroxylation is 2. The van der Waals surface area contributed by atoms with Crippen molar-refractivity contribution in [1.29, 1.82) is 0 Å². The summed E-state index contributed by atoms with van der Waals surface area (Å²) in [7, 11) is 0. The second-order valence-corrected chi connectivity index (χ2v) is 6.42. The molecule has 23 heavy (non-hydrogen) atoms. The van der Waals surface area contributed by atoms with Crippen molar-refractivity contribution in [2.75, 3.05) is 23.3 Å². The first-order chi connectivity index (χ1) is 11.2. The standard InChI is InChI=1S/C18H25N5/c1-4-15-9-5-8-14(3)17(15)21-18-20-16(11-19-22-18)23-10-6-7-13(2)12-23/h5,8-9,11,13H,4,6-7,10,12H2,1-3H3,(H,20,21,22). The van der Waals surface area contributed by atoms with Crippen LogP contribution in [0, 0.1) is 12.8 Å². The molecule has 122 valence electrons. The molecule has 1 N–H and O–H groups in total. The summed E-state index contributed by atoms with van der Waals surface area (Å²) >= 11 is 0. The monoisotopic (exact) mass is 311 g/mol. The molecule has 5 nitrogen and oxygen atoms in total. The molecular formula is C18H25N5. The Morgan fingerprint density at radius 1 is 1.35 bits per heavy atom. The van der Waals surface area contributed by atoms with Gasteiger partial charge in [0, 0.05) is 18.8 Å². The number of nitrogens with zero attached hydrogens (tertiary/aromatic N) is 4. The maximum Gasteiger partial charge on any atom is 0.249 e. The van der Waals surface area contributed by atoms with E-state index in [1.54, 1.807) is 6.20 Å². The van der Waals surface area contributed by atoms with Crippen molar-refractivity contribution in [3.63, 3.8) is 0 Å². The number of para-hydroxylation sites is 1. The van der Waals surface area contributed by atoms with Crippen LogP contribution in [-0.4, -0.2) is 28.3 Å². The lowest BCUT2D eigenvalue weighted by Gasteiger charge is -2.31. The summed E-state index contributed by atoms with van der Waals surface area (Å²) in [6.07, 6.45) is 5.25. The minimum absolute atomic E-state index is 0.574. The summed E-state index contributed by atoms with van der Waals surface area (Å²) in [5, 5.41) is 11.7. The van der Waals surface area contributed by atoms with Gasteiger partial charge in [-0.1, -0.05) is 32.0 Å². The van der Waals surface area contributed by atoms with E-state index in [4.69, 9.17) is 0 Å². The molecule has 0 bridgehead atoms. The molecule has 3 rings (SSSR count). The fraction of sp³-hybridized carbons (Fsp3) is 0.500. The largest absolute Gasteiger partial charge is 0.355 e. The highest BCUT2D eigenvalue weighted by Crippen LogP contribution is 2.25. The van der Waals surface area contributed by atoms with Gasteiger partial charge in [0.05, 0.1) is 6.20 Å². The van der Waals surface area contributed by atoms with E-state index in [0.29, 0.717) is 11.9 Å². The molecule has 0 spiro atoms. The molecular weight excluding hydrogens is 286 g/mol. The molecule has 1 aromatic carbocycles. The summed E-state index contributed by atoms with van der Waals surface area (Å²) < 4.78 is 0. The first kappa shape index (κ1) is 15.7. The number of hydrogen-bond donors (Lipinski definition) is 1. The Labute approximate surface area is 138 Å². The Morgan fingerprint density at radius 2 is 2.22 bits per heavy atom. The Morgan fingerprint density at radius 3 is 3.00 bits per heavy atom. The van der Waals surface area contributed by atoms with Crippen LogP contribution in [-0.2, 0) is 6.42 Å². The third kappa shape index (κ3) is 3.60. The first-order valence-electron chi connectivity index (χ1n) is 8.47. The van der Waals surface area contributed by atoms with Crippen molar-refractivity contribution in [2.24, 2.45) is 5.92 Å². The number of aromatic nitrogens is 3. The summed E-state index contributed by atoms with van der Waals surface area (Å²) in [4.78, 5) is 7.00. The minimum Gasteiger partial charge on any atom is -0.355 e. The van der Waals surface area contributed by atoms with E-state index in [2.05, 4.69) is 64.4 Å². The molecule has 2 aromatic rings. The second kappa shape index (κ2) is 6.94. The highest BCUT2D eigenvalue weighted by atomic mass is 15.3. The van der Waals surface area contributed by atoms with E-state index >= 15 is 0 Å². The lowest BCUT2D eigenvalue weighted by molar-refractivity contribution is 0.444. The van der Waals surface area contributed by atoms with Gasteiger partial charge in [0.1, 0.15) is 0 Å². The normalized spacial score (nSPS) is 18.0. The van der Waals surface area contributed by atoms with Crippen LogP contribution < -0.4 is 10.2 Å². The maximum absolute atomic E-state index is 4.68. The van der Waals surface area contributed by atoms with Crippen LogP contribution in [0.25, 0.3) is 0 Å². The van der Waals surface area contributed by atoms with Gasteiger partial charge in [-0.3, -0.25) is 0 Å². The van der Waals surface area contributed by atoms with E-state index < -0.39 is 0 Å². The van der Waals surface area contributed by atoms with Gasteiger partial charge < -0.3 is 10.2 Å². The van der Waals surface area contributed by atoms with Crippen LogP contribution in [0.4, 0.5) is 17.5 Å². The van der Waals surface area contributed by atoms with Crippen LogP contribution in [0.5, 0.6) is 0 Å². The van der Waals surface area contributed by atoms with Gasteiger partial charge in [0.2, 0.25) is 5.95 Å². The number of benzene rings is 1. The molecule has 5 heteroatoms. The summed E-state index contributed by atoms with van der Waals surface area (Å²) in [6.45, 7) is 8.65. The summed E-state index contributed by atoms with van der Waals surface area (Å²) in [6, 6.07) is 6.33. The molecule has 1 fully saturated rings. The molecule has 1 aliphatic rings. The van der Waals surface area contributed by atoms with Gasteiger partial charge in [-0.25, -0.2) is 0 Å². The van der Waals surface area contributed by atoms with Crippen molar-refractivity contribution >= 4 is 17.5 Å². The fourth-order valence-electron chi connectivity index (χ4n) is 3.21. The van der Waals surface area contributed by atoms with Gasteiger partial charge in [-0.05, 0) is 43.2 Å². The molecule has 1 unspecified atom stereocenters. The molecule has 1 atom stereocenters. The van der Waals surface area contributed by atoms with E-state index in [0.717, 1.165) is 31.0 Å². The van der Waals surface area contributed by atoms with Gasteiger partial charge in [0.15, 0.2) is 5.82 Å². The zero-order chi connectivity index (χ0) is 16.2. The molecule has 0 amide bonds. The van der Waals surface area contributed by atoms with Crippen LogP contribution in [0.2, 0.25) is 0 Å². The summed E-state index contributed by atoms with van der Waals surface area (Å²) in [5.41, 5.74) is 3.57. The van der Waals surface area contributed by atoms with E-state index in [9.17, 15) is 0 Å². The van der Waals surface area contributed by atoms with Gasteiger partial charge in [0.25, 0.3) is 0 Å². The Kier molecular flexibility index (Phi) is 4.74. The molecule has 1 saturated heterocycles. The molecule has 1 aliphatic heterocycles. The topological polar surface area (TPSA) is 53.9 Å². The SMILES string of the molecule is CCc1cccc(C)c1Nc1nncc(N2CCCC(C)C2)n1. The van der Waals surface area contributed by atoms with E-state index in [1.165, 1.54) is 24.0 Å². The zero-order valence-corrected chi connectivity index (χ0v) is 14.2. The average Bonchev–Trinajstić information content (AvgIpc) is 2.57. The zero-order valence-electron chi connectivity index (χ0n) is 14.2. The van der Waals surface area contributed by atoms with Crippen molar-refractivity contribution in [3.05, 3.63) is 35.5 Å². The van der Waals surface area contributed by atoms with Crippen molar-refractivity contribution in [2.45, 2.75) is 40.0 Å². The molecule has 0 radical (unpaired) electrons. The molecule has 0 saturated carbocycles. The van der Waals surface area contributed by atoms with Crippen molar-refractivity contribution in [3.8, 4) is 0 Å². The number of hydrogen-bond acceptors (Lipinski definition) is 5. The Hall–Kier alpha value is -2.17. The lowest BCUT2D eigenvalue weighted by atomic mass is 10.0. The first-order valence-corrected chi connectivity index (χ1v) is 8.47. The van der Waals surface area contributed by atoms with Crippen LogP contribution >= 0.6 is 0 Å². The minimum atomic E-state index is 0.574. The predicted molar refractivity (Wildman–Crippen MR) is 94.3 cm³/mol. The van der Waals surface area contributed by atoms with Gasteiger partial charge >= 0.3 is 0 Å². The molecule has 0 aliphatic carbocycles. The van der Waals surface area contributed by atoms with Crippen molar-refractivity contribution < 1.29 is 0 Å². The second-order valence-electron chi connectivity index (χ2n) is 6.42. The third-order valence-corrected chi connectivity index (χ3v) is 4.50. The van der Waals surface area contributed by atoms with Crippen LogP contribution in [0.1, 0.15) is 37.8 Å². The van der Waals surface area contributed by atoms with E-state index in [-0.39, 0.29) is 0 Å². The predicted octanol–water partition coefficient (Wildman–Crippen LogP) is 3.72. The highest BCUT2D eigenvalue weighted by molar-refractivity contribution is 5.63. The van der Waals surface area contributed by atoms with Crippen LogP contribution in [0.3, 0.4) is 0 Å². The number of rotatable bonds is 4. The smallest absolute Gasteiger partial charge is 0.249 e. The average molecular weight is 311 g/mol. The maximum atomic E-state index is 4.68. The Bertz CT molecular complexity index is 670. The number of nitrogens with one attached hydrogen (secondary N) is 1. The number of piperidine rings is 1. The van der Waals surface area contributed by atoms with Crippen LogP contribution in [0.15, 0.2) is 24.4 Å². The fourth-order valence-corrected chi connectivity index (χ4v) is 3.21. The van der Waals surface area contributed by atoms with Crippen molar-refractivity contribution in [1.82, 2.24) is 15.2 Å². The van der Waals surface area contributed by atoms with Gasteiger partial charge in [-0.15, -0.1) is 5.10 Å². The third-order valence-electron chi connectivity index (χ3n) is 4.50. The van der Waals surface area contributed by atoms with Gasteiger partial charge in [-0.2, -0.15) is 10.1 Å². The number of anilines is 3. The molecule has 1 aromatic heterocycles. The quantitative estimate of drug-likeness (QED) is 0.932. The summed E-state index contributed by atoms with van der Waals surface area (Å²) in [5.74, 6) is 2.20. The highest BCUT2D eigenvalue weighted by Gasteiger charge is 2.18.